The average molecular weight is 411 g/mol. The number of thiocarbonyl (C=S) groups is 1. The molecular formula is C22H30N6S. The van der Waals surface area contributed by atoms with Crippen molar-refractivity contribution in [3.63, 3.8) is 0 Å². The van der Waals surface area contributed by atoms with E-state index in [0.29, 0.717) is 4.99 Å². The summed E-state index contributed by atoms with van der Waals surface area (Å²) in [5.74, 6) is 0. The predicted molar refractivity (Wildman–Crippen MR) is 124 cm³/mol. The van der Waals surface area contributed by atoms with E-state index in [-0.39, 0.29) is 0 Å². The minimum Gasteiger partial charge on any atom is -0.368 e. The van der Waals surface area contributed by atoms with Crippen LogP contribution in [0.5, 0.6) is 0 Å². The number of fused-ring (bicyclic) bond motifs is 1. The highest BCUT2D eigenvalue weighted by atomic mass is 32.1. The van der Waals surface area contributed by atoms with Crippen molar-refractivity contribution in [3.8, 4) is 0 Å². The first-order valence-corrected chi connectivity index (χ1v) is 10.8. The fourth-order valence-electron chi connectivity index (χ4n) is 3.52. The molecule has 1 N–H and O–H groups in total. The smallest absolute Gasteiger partial charge is 0.145 e. The Hall–Kier alpha value is -2.38. The molecule has 0 atom stereocenters. The van der Waals surface area contributed by atoms with Gasteiger partial charge in [-0.2, -0.15) is 5.10 Å². The van der Waals surface area contributed by atoms with Crippen LogP contribution >= 0.6 is 12.2 Å². The van der Waals surface area contributed by atoms with Gasteiger partial charge >= 0.3 is 0 Å². The van der Waals surface area contributed by atoms with Crippen LogP contribution < -0.4 is 10.3 Å². The Morgan fingerprint density at radius 3 is 2.59 bits per heavy atom. The number of hydrogen-bond acceptors (Lipinski definition) is 6. The van der Waals surface area contributed by atoms with Gasteiger partial charge in [0.15, 0.2) is 0 Å². The Morgan fingerprint density at radius 1 is 1.07 bits per heavy atom. The minimum absolute atomic E-state index is 0.537. The fraction of sp³-hybridized carbons (Fsp3) is 0.455. The van der Waals surface area contributed by atoms with Crippen LogP contribution in [-0.2, 0) is 6.42 Å². The van der Waals surface area contributed by atoms with Crippen LogP contribution in [0.4, 0.5) is 5.69 Å². The second-order valence-corrected chi connectivity index (χ2v) is 7.46. The molecule has 0 radical (unpaired) electrons. The Kier molecular flexibility index (Phi) is 7.66. The third-order valence-corrected chi connectivity index (χ3v) is 5.47. The van der Waals surface area contributed by atoms with Crippen molar-refractivity contribution in [1.29, 1.82) is 0 Å². The lowest BCUT2D eigenvalue weighted by Gasteiger charge is -2.33. The molecule has 0 saturated carbocycles. The number of aryl methyl sites for hydroxylation is 1. The van der Waals surface area contributed by atoms with E-state index in [2.05, 4.69) is 49.5 Å². The van der Waals surface area contributed by atoms with E-state index in [1.807, 2.05) is 38.4 Å². The summed E-state index contributed by atoms with van der Waals surface area (Å²) in [4.78, 5) is 14.3. The summed E-state index contributed by atoms with van der Waals surface area (Å²) in [5, 5.41) is 4.53. The second kappa shape index (κ2) is 10.4. The monoisotopic (exact) mass is 410 g/mol. The highest BCUT2D eigenvalue weighted by Crippen LogP contribution is 2.19. The van der Waals surface area contributed by atoms with Crippen molar-refractivity contribution in [2.75, 3.05) is 38.1 Å². The first-order valence-electron chi connectivity index (χ1n) is 10.4. The van der Waals surface area contributed by atoms with Gasteiger partial charge in [-0.25, -0.2) is 0 Å². The quantitative estimate of drug-likeness (QED) is 0.619. The molecular weight excluding hydrogens is 380 g/mol. The van der Waals surface area contributed by atoms with Gasteiger partial charge in [-0.15, -0.1) is 0 Å². The van der Waals surface area contributed by atoms with Gasteiger partial charge in [-0.1, -0.05) is 32.1 Å². The highest BCUT2D eigenvalue weighted by molar-refractivity contribution is 7.80. The number of rotatable bonds is 3. The normalized spacial score (nSPS) is 17.9. The molecule has 0 aromatic carbocycles. The molecule has 1 fully saturated rings. The molecule has 4 rings (SSSR count). The standard InChI is InChI=1S/C20H24N6S.C2H6/c1-25-10-12-26(13-11-25)16-7-8-18(22-14-16)20(27)24-23-17-6-2-4-15-5-3-9-21-19(15)17;1-2/h3,5,7-9,14H,2,4,6,10-13H2,1H3,(H,24,27);1-2H3/b23-17-;. The third-order valence-electron chi connectivity index (χ3n) is 5.17. The van der Waals surface area contributed by atoms with Crippen LogP contribution in [0.3, 0.4) is 0 Å². The Bertz CT molecular complexity index is 841. The number of pyridine rings is 2. The molecule has 1 aliphatic heterocycles. The van der Waals surface area contributed by atoms with Crippen LogP contribution in [0.25, 0.3) is 0 Å². The van der Waals surface area contributed by atoms with Crippen molar-refractivity contribution in [3.05, 3.63) is 53.6 Å². The van der Waals surface area contributed by atoms with Crippen molar-refractivity contribution in [2.45, 2.75) is 33.1 Å². The Labute approximate surface area is 179 Å². The maximum atomic E-state index is 5.48. The summed E-state index contributed by atoms with van der Waals surface area (Å²) >= 11 is 5.48. The first-order chi connectivity index (χ1) is 14.2. The lowest BCUT2D eigenvalue weighted by atomic mass is 9.95. The molecule has 0 spiro atoms. The lowest BCUT2D eigenvalue weighted by molar-refractivity contribution is 0.313. The molecule has 7 heteroatoms. The maximum Gasteiger partial charge on any atom is 0.145 e. The molecule has 154 valence electrons. The van der Waals surface area contributed by atoms with E-state index >= 15 is 0 Å². The molecule has 0 amide bonds. The molecule has 2 aliphatic rings. The summed E-state index contributed by atoms with van der Waals surface area (Å²) in [6.07, 6.45) is 6.77. The topological polar surface area (TPSA) is 56.6 Å². The second-order valence-electron chi connectivity index (χ2n) is 7.06. The maximum absolute atomic E-state index is 5.48. The van der Waals surface area contributed by atoms with Gasteiger partial charge in [0.2, 0.25) is 0 Å². The molecule has 6 nitrogen and oxygen atoms in total. The molecule has 1 aliphatic carbocycles. The molecule has 29 heavy (non-hydrogen) atoms. The van der Waals surface area contributed by atoms with E-state index in [9.17, 15) is 0 Å². The van der Waals surface area contributed by atoms with Crippen molar-refractivity contribution in [2.24, 2.45) is 5.10 Å². The fourth-order valence-corrected chi connectivity index (χ4v) is 3.69. The van der Waals surface area contributed by atoms with E-state index < -0.39 is 0 Å². The van der Waals surface area contributed by atoms with Gasteiger partial charge in [0.05, 0.1) is 29.0 Å². The molecule has 3 heterocycles. The average Bonchev–Trinajstić information content (AvgIpc) is 2.79. The summed E-state index contributed by atoms with van der Waals surface area (Å²) in [6.45, 7) is 8.21. The number of piperazine rings is 1. The minimum atomic E-state index is 0.537. The predicted octanol–water partition coefficient (Wildman–Crippen LogP) is 3.26. The molecule has 2 aromatic heterocycles. The third kappa shape index (κ3) is 5.36. The van der Waals surface area contributed by atoms with Gasteiger partial charge < -0.3 is 9.80 Å². The zero-order valence-corrected chi connectivity index (χ0v) is 18.4. The first kappa shape index (κ1) is 21.3. The van der Waals surface area contributed by atoms with Gasteiger partial charge in [-0.05, 0) is 50.1 Å². The number of anilines is 1. The zero-order chi connectivity index (χ0) is 20.6. The zero-order valence-electron chi connectivity index (χ0n) is 17.6. The van der Waals surface area contributed by atoms with Crippen LogP contribution in [0.15, 0.2) is 41.8 Å². The van der Waals surface area contributed by atoms with Gasteiger partial charge in [0.1, 0.15) is 4.99 Å². The van der Waals surface area contributed by atoms with E-state index in [1.165, 1.54) is 5.56 Å². The van der Waals surface area contributed by atoms with Gasteiger partial charge in [-0.3, -0.25) is 15.4 Å². The molecule has 0 unspecified atom stereocenters. The molecule has 0 bridgehead atoms. The van der Waals surface area contributed by atoms with E-state index in [0.717, 1.165) is 68.2 Å². The van der Waals surface area contributed by atoms with Gasteiger partial charge in [0, 0.05) is 32.4 Å². The van der Waals surface area contributed by atoms with Crippen LogP contribution in [0.2, 0.25) is 0 Å². The summed E-state index contributed by atoms with van der Waals surface area (Å²) in [6, 6.07) is 8.15. The van der Waals surface area contributed by atoms with Crippen LogP contribution in [0, 0.1) is 0 Å². The largest absolute Gasteiger partial charge is 0.368 e. The SMILES string of the molecule is CC.CN1CCN(c2ccc(C(=S)N/N=C3/CCCc4cccnc43)nc2)CC1. The molecule has 1 saturated heterocycles. The van der Waals surface area contributed by atoms with Crippen molar-refractivity contribution >= 4 is 28.6 Å². The Balaban J connectivity index is 0.00000117. The van der Waals surface area contributed by atoms with Gasteiger partial charge in [0.25, 0.3) is 0 Å². The number of nitrogens with one attached hydrogen (secondary N) is 1. The summed E-state index contributed by atoms with van der Waals surface area (Å²) < 4.78 is 0. The van der Waals surface area contributed by atoms with Crippen LogP contribution in [0.1, 0.15) is 43.6 Å². The van der Waals surface area contributed by atoms with Crippen molar-refractivity contribution in [1.82, 2.24) is 20.3 Å². The number of hydrazone groups is 1. The highest BCUT2D eigenvalue weighted by Gasteiger charge is 2.17. The number of likely N-dealkylation sites (N-methyl/N-ethyl adjacent to an activating group) is 1. The van der Waals surface area contributed by atoms with E-state index in [1.54, 1.807) is 0 Å². The number of nitrogens with zero attached hydrogens (tertiary/aromatic N) is 5. The lowest BCUT2D eigenvalue weighted by Crippen LogP contribution is -2.44. The Morgan fingerprint density at radius 2 is 1.86 bits per heavy atom. The number of hydrogen-bond donors (Lipinski definition) is 1. The number of aromatic nitrogens is 2. The summed E-state index contributed by atoms with van der Waals surface area (Å²) in [7, 11) is 2.16. The van der Waals surface area contributed by atoms with Crippen LogP contribution in [-0.4, -0.2) is 58.8 Å². The van der Waals surface area contributed by atoms with E-state index in [4.69, 9.17) is 12.2 Å². The molecule has 2 aromatic rings. The summed E-state index contributed by atoms with van der Waals surface area (Å²) in [5.41, 5.74) is 8.10. The van der Waals surface area contributed by atoms with Crippen molar-refractivity contribution < 1.29 is 0 Å².